The summed E-state index contributed by atoms with van der Waals surface area (Å²) in [7, 11) is 1.66. The Bertz CT molecular complexity index is 522. The van der Waals surface area contributed by atoms with Crippen molar-refractivity contribution in [3.05, 3.63) is 36.0 Å². The van der Waals surface area contributed by atoms with E-state index in [1.807, 2.05) is 30.5 Å². The average molecular weight is 275 g/mol. The predicted octanol–water partition coefficient (Wildman–Crippen LogP) is 1.90. The van der Waals surface area contributed by atoms with Gasteiger partial charge in [0.2, 0.25) is 0 Å². The SMILES string of the molecule is CCN(CCO)Cc1cn[nH]c1-c1ccc(OC)cc1. The number of aromatic amines is 1. The van der Waals surface area contributed by atoms with Gasteiger partial charge in [0, 0.05) is 24.2 Å². The molecule has 2 rings (SSSR count). The minimum absolute atomic E-state index is 0.170. The fourth-order valence-corrected chi connectivity index (χ4v) is 2.17. The molecule has 0 aliphatic heterocycles. The molecule has 0 aliphatic rings. The van der Waals surface area contributed by atoms with Crippen molar-refractivity contribution in [2.75, 3.05) is 26.8 Å². The Morgan fingerprint density at radius 3 is 2.65 bits per heavy atom. The molecule has 5 nitrogen and oxygen atoms in total. The summed E-state index contributed by atoms with van der Waals surface area (Å²) < 4.78 is 5.17. The summed E-state index contributed by atoms with van der Waals surface area (Å²) in [5, 5.41) is 16.3. The van der Waals surface area contributed by atoms with Crippen LogP contribution >= 0.6 is 0 Å². The van der Waals surface area contributed by atoms with Crippen molar-refractivity contribution in [1.29, 1.82) is 0 Å². The number of aliphatic hydroxyl groups excluding tert-OH is 1. The molecule has 2 N–H and O–H groups in total. The van der Waals surface area contributed by atoms with Gasteiger partial charge >= 0.3 is 0 Å². The maximum absolute atomic E-state index is 9.06. The maximum atomic E-state index is 9.06. The first-order chi connectivity index (χ1) is 9.78. The zero-order valence-corrected chi connectivity index (χ0v) is 12.0. The van der Waals surface area contributed by atoms with Gasteiger partial charge in [-0.2, -0.15) is 5.10 Å². The first-order valence-corrected chi connectivity index (χ1v) is 6.78. The molecule has 0 fully saturated rings. The third-order valence-corrected chi connectivity index (χ3v) is 3.35. The third-order valence-electron chi connectivity index (χ3n) is 3.35. The molecule has 108 valence electrons. The molecule has 0 atom stereocenters. The topological polar surface area (TPSA) is 61.4 Å². The van der Waals surface area contributed by atoms with Crippen LogP contribution in [0.2, 0.25) is 0 Å². The molecule has 0 aliphatic carbocycles. The third kappa shape index (κ3) is 3.37. The number of H-pyrrole nitrogens is 1. The number of hydrogen-bond donors (Lipinski definition) is 2. The molecule has 1 heterocycles. The van der Waals surface area contributed by atoms with E-state index in [0.29, 0.717) is 6.54 Å². The molecule has 0 bridgehead atoms. The molecule has 1 aromatic heterocycles. The lowest BCUT2D eigenvalue weighted by Crippen LogP contribution is -2.26. The van der Waals surface area contributed by atoms with E-state index in [1.165, 1.54) is 0 Å². The molecule has 5 heteroatoms. The molecule has 0 amide bonds. The second-order valence-electron chi connectivity index (χ2n) is 4.59. The number of nitrogens with zero attached hydrogens (tertiary/aromatic N) is 2. The summed E-state index contributed by atoms with van der Waals surface area (Å²) >= 11 is 0. The second kappa shape index (κ2) is 7.07. The van der Waals surface area contributed by atoms with Crippen molar-refractivity contribution < 1.29 is 9.84 Å². The van der Waals surface area contributed by atoms with Gasteiger partial charge in [0.05, 0.1) is 25.6 Å². The van der Waals surface area contributed by atoms with Crippen molar-refractivity contribution in [3.8, 4) is 17.0 Å². The minimum Gasteiger partial charge on any atom is -0.497 e. The first-order valence-electron chi connectivity index (χ1n) is 6.78. The zero-order chi connectivity index (χ0) is 14.4. The molecule has 20 heavy (non-hydrogen) atoms. The smallest absolute Gasteiger partial charge is 0.118 e. The highest BCUT2D eigenvalue weighted by Crippen LogP contribution is 2.24. The van der Waals surface area contributed by atoms with Crippen LogP contribution in [0.5, 0.6) is 5.75 Å². The standard InChI is InChI=1S/C15H21N3O2/c1-3-18(8-9-19)11-13-10-16-17-15(13)12-4-6-14(20-2)7-5-12/h4-7,10,19H,3,8-9,11H2,1-2H3,(H,16,17). The van der Waals surface area contributed by atoms with E-state index >= 15 is 0 Å². The highest BCUT2D eigenvalue weighted by atomic mass is 16.5. The molecule has 0 unspecified atom stereocenters. The molecular weight excluding hydrogens is 254 g/mol. The number of aliphatic hydroxyl groups is 1. The van der Waals surface area contributed by atoms with Crippen molar-refractivity contribution in [1.82, 2.24) is 15.1 Å². The first kappa shape index (κ1) is 14.6. The maximum Gasteiger partial charge on any atom is 0.118 e. The Labute approximate surface area is 119 Å². The van der Waals surface area contributed by atoms with Crippen LogP contribution in [0.4, 0.5) is 0 Å². The lowest BCUT2D eigenvalue weighted by Gasteiger charge is -2.18. The van der Waals surface area contributed by atoms with Crippen LogP contribution in [0, 0.1) is 0 Å². The Morgan fingerprint density at radius 2 is 2.05 bits per heavy atom. The number of hydrogen-bond acceptors (Lipinski definition) is 4. The van der Waals surface area contributed by atoms with E-state index in [4.69, 9.17) is 9.84 Å². The van der Waals surface area contributed by atoms with Gasteiger partial charge in [-0.25, -0.2) is 0 Å². The average Bonchev–Trinajstić information content (AvgIpc) is 2.95. The van der Waals surface area contributed by atoms with Gasteiger partial charge in [-0.15, -0.1) is 0 Å². The van der Waals surface area contributed by atoms with Crippen molar-refractivity contribution in [3.63, 3.8) is 0 Å². The number of ether oxygens (including phenoxy) is 1. The summed E-state index contributed by atoms with van der Waals surface area (Å²) in [6.07, 6.45) is 1.85. The summed E-state index contributed by atoms with van der Waals surface area (Å²) in [5.41, 5.74) is 3.23. The molecule has 0 spiro atoms. The normalized spacial score (nSPS) is 11.0. The number of rotatable bonds is 7. The molecule has 1 aromatic carbocycles. The summed E-state index contributed by atoms with van der Waals surface area (Å²) in [5.74, 6) is 0.838. The van der Waals surface area contributed by atoms with E-state index in [9.17, 15) is 0 Å². The summed E-state index contributed by atoms with van der Waals surface area (Å²) in [6, 6.07) is 7.90. The van der Waals surface area contributed by atoms with E-state index < -0.39 is 0 Å². The van der Waals surface area contributed by atoms with Gasteiger partial charge < -0.3 is 9.84 Å². The Morgan fingerprint density at radius 1 is 1.30 bits per heavy atom. The van der Waals surface area contributed by atoms with E-state index in [2.05, 4.69) is 22.0 Å². The van der Waals surface area contributed by atoms with Gasteiger partial charge in [0.1, 0.15) is 5.75 Å². The van der Waals surface area contributed by atoms with Gasteiger partial charge in [-0.3, -0.25) is 10.00 Å². The van der Waals surface area contributed by atoms with Crippen LogP contribution in [0.15, 0.2) is 30.5 Å². The number of nitrogens with one attached hydrogen (secondary N) is 1. The highest BCUT2D eigenvalue weighted by Gasteiger charge is 2.11. The monoisotopic (exact) mass is 275 g/mol. The lowest BCUT2D eigenvalue weighted by molar-refractivity contribution is 0.197. The Kier molecular flexibility index (Phi) is 5.15. The predicted molar refractivity (Wildman–Crippen MR) is 78.6 cm³/mol. The van der Waals surface area contributed by atoms with Crippen LogP contribution < -0.4 is 4.74 Å². The number of aromatic nitrogens is 2. The molecule has 0 saturated heterocycles. The van der Waals surface area contributed by atoms with Gasteiger partial charge in [-0.05, 0) is 30.8 Å². The van der Waals surface area contributed by atoms with E-state index in [-0.39, 0.29) is 6.61 Å². The van der Waals surface area contributed by atoms with Gasteiger partial charge in [0.15, 0.2) is 0 Å². The van der Waals surface area contributed by atoms with Crippen LogP contribution in [-0.2, 0) is 6.54 Å². The number of likely N-dealkylation sites (N-methyl/N-ethyl adjacent to an activating group) is 1. The molecule has 0 saturated carbocycles. The zero-order valence-electron chi connectivity index (χ0n) is 12.0. The van der Waals surface area contributed by atoms with Gasteiger partial charge in [0.25, 0.3) is 0 Å². The highest BCUT2D eigenvalue weighted by molar-refractivity contribution is 5.63. The van der Waals surface area contributed by atoms with E-state index in [0.717, 1.165) is 35.7 Å². The van der Waals surface area contributed by atoms with Crippen molar-refractivity contribution >= 4 is 0 Å². The van der Waals surface area contributed by atoms with Gasteiger partial charge in [-0.1, -0.05) is 6.92 Å². The largest absolute Gasteiger partial charge is 0.497 e. The molecule has 2 aromatic rings. The fraction of sp³-hybridized carbons (Fsp3) is 0.400. The Balaban J connectivity index is 2.18. The van der Waals surface area contributed by atoms with Crippen LogP contribution in [0.3, 0.4) is 0 Å². The van der Waals surface area contributed by atoms with Crippen molar-refractivity contribution in [2.24, 2.45) is 0 Å². The van der Waals surface area contributed by atoms with Crippen LogP contribution in [0.1, 0.15) is 12.5 Å². The second-order valence-corrected chi connectivity index (χ2v) is 4.59. The number of benzene rings is 1. The van der Waals surface area contributed by atoms with Crippen molar-refractivity contribution in [2.45, 2.75) is 13.5 Å². The number of methoxy groups -OCH3 is 1. The summed E-state index contributed by atoms with van der Waals surface area (Å²) in [4.78, 5) is 2.18. The quantitative estimate of drug-likeness (QED) is 0.810. The Hall–Kier alpha value is -1.85. The lowest BCUT2D eigenvalue weighted by atomic mass is 10.1. The minimum atomic E-state index is 0.170. The van der Waals surface area contributed by atoms with Crippen LogP contribution in [0.25, 0.3) is 11.3 Å². The molecule has 0 radical (unpaired) electrons. The fourth-order valence-electron chi connectivity index (χ4n) is 2.17. The molecular formula is C15H21N3O2. The summed E-state index contributed by atoms with van der Waals surface area (Å²) in [6.45, 7) is 4.60. The van der Waals surface area contributed by atoms with Crippen LogP contribution in [-0.4, -0.2) is 47.0 Å². The van der Waals surface area contributed by atoms with E-state index in [1.54, 1.807) is 7.11 Å².